The number of cyclic esters (lactones) is 1. The fourth-order valence-electron chi connectivity index (χ4n) is 2.58. The molecule has 5 heteroatoms. The molecule has 0 N–H and O–H groups in total. The smallest absolute Gasteiger partial charge is 0.363 e. The molecule has 0 saturated heterocycles. The van der Waals surface area contributed by atoms with Crippen LogP contribution < -0.4 is 4.74 Å². The second-order valence-corrected chi connectivity index (χ2v) is 7.10. The minimum Gasteiger partial charge on any atom is -0.489 e. The van der Waals surface area contributed by atoms with Crippen LogP contribution in [-0.4, -0.2) is 11.9 Å². The lowest BCUT2D eigenvalue weighted by molar-refractivity contribution is -0.129. The number of esters is 1. The molecule has 0 aliphatic carbocycles. The quantitative estimate of drug-likeness (QED) is 0.467. The Morgan fingerprint density at radius 2 is 1.85 bits per heavy atom. The van der Waals surface area contributed by atoms with Crippen molar-refractivity contribution in [3.8, 4) is 5.75 Å². The minimum absolute atomic E-state index is 0.298. The van der Waals surface area contributed by atoms with Crippen molar-refractivity contribution in [2.75, 3.05) is 0 Å². The van der Waals surface area contributed by atoms with Crippen LogP contribution in [0.3, 0.4) is 0 Å². The number of rotatable bonds is 5. The standard InChI is InChI=1S/C22H17NO3S/c1-15-4-6-17(7-5-15)14-25-18-10-8-16(9-11-18)13-19-22(24)26-21(23-19)20-3-2-12-27-20/h2-13H,14H2,1H3. The number of aryl methyl sites for hydroxylation is 1. The summed E-state index contributed by atoms with van der Waals surface area (Å²) in [4.78, 5) is 17.1. The lowest BCUT2D eigenvalue weighted by atomic mass is 10.1. The third-order valence-corrected chi connectivity index (χ3v) is 4.92. The van der Waals surface area contributed by atoms with E-state index in [1.807, 2.05) is 41.8 Å². The molecule has 0 radical (unpaired) electrons. The predicted octanol–water partition coefficient (Wildman–Crippen LogP) is 4.98. The number of benzene rings is 2. The van der Waals surface area contributed by atoms with Gasteiger partial charge in [0.05, 0.1) is 4.88 Å². The third kappa shape index (κ3) is 4.15. The minimum atomic E-state index is -0.432. The maximum Gasteiger partial charge on any atom is 0.363 e. The zero-order chi connectivity index (χ0) is 18.6. The van der Waals surface area contributed by atoms with Gasteiger partial charge >= 0.3 is 5.97 Å². The first-order valence-electron chi connectivity index (χ1n) is 8.52. The molecular formula is C22H17NO3S. The van der Waals surface area contributed by atoms with Gasteiger partial charge in [0.15, 0.2) is 5.70 Å². The molecule has 1 aliphatic rings. The topological polar surface area (TPSA) is 47.9 Å². The van der Waals surface area contributed by atoms with Gasteiger partial charge in [0.25, 0.3) is 0 Å². The molecule has 0 spiro atoms. The van der Waals surface area contributed by atoms with E-state index in [1.165, 1.54) is 16.9 Å². The summed E-state index contributed by atoms with van der Waals surface area (Å²) in [6.45, 7) is 2.58. The van der Waals surface area contributed by atoms with Crippen molar-refractivity contribution >= 4 is 29.3 Å². The Kier molecular flexibility index (Phi) is 4.85. The molecule has 4 rings (SSSR count). The predicted molar refractivity (Wildman–Crippen MR) is 107 cm³/mol. The van der Waals surface area contributed by atoms with Crippen molar-refractivity contribution in [1.29, 1.82) is 0 Å². The summed E-state index contributed by atoms with van der Waals surface area (Å²) in [6.07, 6.45) is 1.71. The van der Waals surface area contributed by atoms with Crippen LogP contribution in [-0.2, 0) is 16.1 Å². The largest absolute Gasteiger partial charge is 0.489 e. The summed E-state index contributed by atoms with van der Waals surface area (Å²) in [6, 6.07) is 19.6. The molecule has 0 amide bonds. The fraction of sp³-hybridized carbons (Fsp3) is 0.0909. The number of aliphatic imine (C=N–C) groups is 1. The summed E-state index contributed by atoms with van der Waals surface area (Å²) in [5.74, 6) is 0.701. The Morgan fingerprint density at radius 3 is 2.56 bits per heavy atom. The van der Waals surface area contributed by atoms with Crippen molar-refractivity contribution in [3.63, 3.8) is 0 Å². The number of nitrogens with zero attached hydrogens (tertiary/aromatic N) is 1. The molecule has 0 unspecified atom stereocenters. The van der Waals surface area contributed by atoms with Crippen LogP contribution in [0.5, 0.6) is 5.75 Å². The van der Waals surface area contributed by atoms with Gasteiger partial charge in [-0.3, -0.25) is 0 Å². The second kappa shape index (κ2) is 7.60. The van der Waals surface area contributed by atoms with E-state index < -0.39 is 5.97 Å². The normalized spacial score (nSPS) is 14.9. The Balaban J connectivity index is 1.43. The highest BCUT2D eigenvalue weighted by molar-refractivity contribution is 7.12. The first kappa shape index (κ1) is 17.2. The third-order valence-electron chi connectivity index (χ3n) is 4.06. The number of carbonyl (C=O) groups excluding carboxylic acids is 1. The van der Waals surface area contributed by atoms with Gasteiger partial charge in [-0.25, -0.2) is 9.79 Å². The lowest BCUT2D eigenvalue weighted by Gasteiger charge is -2.07. The van der Waals surface area contributed by atoms with Crippen molar-refractivity contribution in [2.24, 2.45) is 4.99 Å². The molecule has 3 aromatic rings. The van der Waals surface area contributed by atoms with Crippen LogP contribution in [0.4, 0.5) is 0 Å². The highest BCUT2D eigenvalue weighted by atomic mass is 32.1. The Morgan fingerprint density at radius 1 is 1.07 bits per heavy atom. The fourth-order valence-corrected chi connectivity index (χ4v) is 3.23. The van der Waals surface area contributed by atoms with Crippen LogP contribution in [0.15, 0.2) is 76.7 Å². The van der Waals surface area contributed by atoms with Gasteiger partial charge < -0.3 is 9.47 Å². The molecule has 2 aromatic carbocycles. The van der Waals surface area contributed by atoms with Gasteiger partial charge in [-0.1, -0.05) is 48.0 Å². The van der Waals surface area contributed by atoms with Crippen molar-refractivity contribution in [2.45, 2.75) is 13.5 Å². The average Bonchev–Trinajstić information content (AvgIpc) is 3.33. The van der Waals surface area contributed by atoms with Gasteiger partial charge in [0, 0.05) is 0 Å². The molecule has 0 bridgehead atoms. The van der Waals surface area contributed by atoms with E-state index >= 15 is 0 Å². The SMILES string of the molecule is Cc1ccc(COc2ccc(C=C3N=C(c4cccs4)OC3=O)cc2)cc1. The molecule has 0 fully saturated rings. The van der Waals surface area contributed by atoms with Crippen LogP contribution in [0.1, 0.15) is 21.6 Å². The number of hydrogen-bond acceptors (Lipinski definition) is 5. The first-order valence-corrected chi connectivity index (χ1v) is 9.40. The number of thiophene rings is 1. The van der Waals surface area contributed by atoms with E-state index in [-0.39, 0.29) is 0 Å². The van der Waals surface area contributed by atoms with E-state index in [1.54, 1.807) is 6.08 Å². The monoisotopic (exact) mass is 375 g/mol. The van der Waals surface area contributed by atoms with Gasteiger partial charge in [-0.2, -0.15) is 0 Å². The summed E-state index contributed by atoms with van der Waals surface area (Å²) >= 11 is 1.49. The van der Waals surface area contributed by atoms with Crippen molar-refractivity contribution < 1.29 is 14.3 Å². The Labute approximate surface area is 161 Å². The zero-order valence-corrected chi connectivity index (χ0v) is 15.5. The van der Waals surface area contributed by atoms with E-state index in [4.69, 9.17) is 9.47 Å². The summed E-state index contributed by atoms with van der Waals surface area (Å²) in [5, 5.41) is 1.92. The average molecular weight is 375 g/mol. The molecular weight excluding hydrogens is 358 g/mol. The first-order chi connectivity index (χ1) is 13.2. The van der Waals surface area contributed by atoms with Crippen molar-refractivity contribution in [1.82, 2.24) is 0 Å². The van der Waals surface area contributed by atoms with Gasteiger partial charge in [0.2, 0.25) is 5.90 Å². The maximum absolute atomic E-state index is 12.0. The van der Waals surface area contributed by atoms with E-state index in [2.05, 4.69) is 36.2 Å². The van der Waals surface area contributed by atoms with Crippen LogP contribution >= 0.6 is 11.3 Å². The molecule has 2 heterocycles. The molecule has 134 valence electrons. The molecule has 1 aliphatic heterocycles. The van der Waals surface area contributed by atoms with Crippen molar-refractivity contribution in [3.05, 3.63) is 93.3 Å². The number of hydrogen-bond donors (Lipinski definition) is 0. The van der Waals surface area contributed by atoms with Crippen LogP contribution in [0.25, 0.3) is 6.08 Å². The van der Waals surface area contributed by atoms with Gasteiger partial charge in [-0.05, 0) is 47.7 Å². The zero-order valence-electron chi connectivity index (χ0n) is 14.7. The van der Waals surface area contributed by atoms with Gasteiger partial charge in [-0.15, -0.1) is 11.3 Å². The van der Waals surface area contributed by atoms with Crippen LogP contribution in [0, 0.1) is 6.92 Å². The number of ether oxygens (including phenoxy) is 2. The Hall–Kier alpha value is -3.18. The second-order valence-electron chi connectivity index (χ2n) is 6.16. The molecule has 0 saturated carbocycles. The Bertz CT molecular complexity index is 1000. The molecule has 4 nitrogen and oxygen atoms in total. The summed E-state index contributed by atoms with van der Waals surface area (Å²) in [7, 11) is 0. The van der Waals surface area contributed by atoms with Crippen LogP contribution in [0.2, 0.25) is 0 Å². The molecule has 1 aromatic heterocycles. The highest BCUT2D eigenvalue weighted by Gasteiger charge is 2.24. The van der Waals surface area contributed by atoms with E-state index in [0.717, 1.165) is 21.8 Å². The molecule has 27 heavy (non-hydrogen) atoms. The lowest BCUT2D eigenvalue weighted by Crippen LogP contribution is -2.03. The maximum atomic E-state index is 12.0. The highest BCUT2D eigenvalue weighted by Crippen LogP contribution is 2.22. The number of carbonyl (C=O) groups is 1. The van der Waals surface area contributed by atoms with Gasteiger partial charge in [0.1, 0.15) is 12.4 Å². The summed E-state index contributed by atoms with van der Waals surface area (Å²) < 4.78 is 11.0. The van der Waals surface area contributed by atoms with E-state index in [9.17, 15) is 4.79 Å². The van der Waals surface area contributed by atoms with E-state index in [0.29, 0.717) is 18.2 Å². The summed E-state index contributed by atoms with van der Waals surface area (Å²) in [5.41, 5.74) is 3.51. The molecule has 0 atom stereocenters.